The summed E-state index contributed by atoms with van der Waals surface area (Å²) >= 11 is 0. The second-order valence-corrected chi connectivity index (χ2v) is 7.18. The van der Waals surface area contributed by atoms with E-state index in [0.717, 1.165) is 12.3 Å². The molecule has 0 aliphatic carbocycles. The van der Waals surface area contributed by atoms with E-state index >= 15 is 0 Å². The maximum atomic E-state index is 9.26. The van der Waals surface area contributed by atoms with Gasteiger partial charge in [0.1, 0.15) is 0 Å². The summed E-state index contributed by atoms with van der Waals surface area (Å²) in [6.45, 7) is 15.3. The summed E-state index contributed by atoms with van der Waals surface area (Å²) in [4.78, 5) is 2.56. The summed E-state index contributed by atoms with van der Waals surface area (Å²) in [6, 6.07) is 0.926. The Morgan fingerprint density at radius 1 is 1.37 bits per heavy atom. The molecule has 114 valence electrons. The minimum absolute atomic E-state index is 0.204. The zero-order valence-corrected chi connectivity index (χ0v) is 13.6. The van der Waals surface area contributed by atoms with E-state index in [2.05, 4.69) is 44.8 Å². The molecule has 1 heterocycles. The largest absolute Gasteiger partial charge is 0.396 e. The zero-order valence-electron chi connectivity index (χ0n) is 13.6. The Hall–Kier alpha value is -0.120. The second kappa shape index (κ2) is 7.61. The minimum Gasteiger partial charge on any atom is -0.396 e. The van der Waals surface area contributed by atoms with Crippen LogP contribution in [-0.2, 0) is 0 Å². The molecule has 1 rings (SSSR count). The van der Waals surface area contributed by atoms with Gasteiger partial charge in [-0.15, -0.1) is 0 Å². The van der Waals surface area contributed by atoms with E-state index in [1.165, 1.54) is 32.5 Å². The molecular weight excluding hydrogens is 236 g/mol. The second-order valence-electron chi connectivity index (χ2n) is 7.18. The molecule has 1 fully saturated rings. The third-order valence-electron chi connectivity index (χ3n) is 4.62. The van der Waals surface area contributed by atoms with Crippen molar-refractivity contribution in [2.24, 2.45) is 11.3 Å². The quantitative estimate of drug-likeness (QED) is 0.778. The van der Waals surface area contributed by atoms with E-state index in [4.69, 9.17) is 0 Å². The van der Waals surface area contributed by atoms with Crippen molar-refractivity contribution in [2.45, 2.75) is 66.0 Å². The molecule has 1 saturated heterocycles. The smallest absolute Gasteiger partial charge is 0.0446 e. The van der Waals surface area contributed by atoms with Crippen LogP contribution in [0.25, 0.3) is 0 Å². The number of hydrogen-bond acceptors (Lipinski definition) is 3. The van der Waals surface area contributed by atoms with Crippen molar-refractivity contribution in [3.8, 4) is 0 Å². The third kappa shape index (κ3) is 5.41. The highest BCUT2D eigenvalue weighted by atomic mass is 16.3. The lowest BCUT2D eigenvalue weighted by atomic mass is 9.83. The first kappa shape index (κ1) is 16.9. The first-order chi connectivity index (χ1) is 8.88. The van der Waals surface area contributed by atoms with E-state index in [-0.39, 0.29) is 12.0 Å². The van der Waals surface area contributed by atoms with Gasteiger partial charge in [-0.3, -0.25) is 0 Å². The van der Waals surface area contributed by atoms with Crippen LogP contribution in [0.1, 0.15) is 53.9 Å². The Labute approximate surface area is 119 Å². The normalized spacial score (nSPS) is 25.3. The molecule has 3 unspecified atom stereocenters. The van der Waals surface area contributed by atoms with Crippen LogP contribution in [0.4, 0.5) is 0 Å². The van der Waals surface area contributed by atoms with Gasteiger partial charge in [0.2, 0.25) is 0 Å². The molecule has 3 heteroatoms. The van der Waals surface area contributed by atoms with Gasteiger partial charge in [-0.2, -0.15) is 0 Å². The monoisotopic (exact) mass is 270 g/mol. The van der Waals surface area contributed by atoms with Gasteiger partial charge in [-0.05, 0) is 50.6 Å². The lowest BCUT2D eigenvalue weighted by Crippen LogP contribution is -2.51. The van der Waals surface area contributed by atoms with Gasteiger partial charge in [0.15, 0.2) is 0 Å². The number of hydrogen-bond donors (Lipinski definition) is 2. The van der Waals surface area contributed by atoms with Gasteiger partial charge in [0.05, 0.1) is 0 Å². The SMILES string of the molecule is CCN1CCCC(C(C)NC(CCO)C(C)(C)C)C1. The first-order valence-corrected chi connectivity index (χ1v) is 7.97. The number of nitrogens with one attached hydrogen (secondary N) is 1. The van der Waals surface area contributed by atoms with Gasteiger partial charge in [-0.25, -0.2) is 0 Å². The molecule has 0 aromatic heterocycles. The maximum absolute atomic E-state index is 9.26. The van der Waals surface area contributed by atoms with Crippen LogP contribution in [0.3, 0.4) is 0 Å². The Kier molecular flexibility index (Phi) is 6.78. The van der Waals surface area contributed by atoms with Crippen molar-refractivity contribution in [3.05, 3.63) is 0 Å². The van der Waals surface area contributed by atoms with E-state index in [1.54, 1.807) is 0 Å². The summed E-state index contributed by atoms with van der Waals surface area (Å²) in [6.07, 6.45) is 3.50. The highest BCUT2D eigenvalue weighted by Gasteiger charge is 2.29. The number of rotatable bonds is 6. The van der Waals surface area contributed by atoms with Crippen molar-refractivity contribution < 1.29 is 5.11 Å². The Bertz CT molecular complexity index is 250. The van der Waals surface area contributed by atoms with E-state index in [0.29, 0.717) is 12.1 Å². The fourth-order valence-corrected chi connectivity index (χ4v) is 3.14. The molecule has 3 atom stereocenters. The van der Waals surface area contributed by atoms with Crippen LogP contribution < -0.4 is 5.32 Å². The molecule has 3 nitrogen and oxygen atoms in total. The van der Waals surface area contributed by atoms with Crippen molar-refractivity contribution >= 4 is 0 Å². The van der Waals surface area contributed by atoms with Crippen LogP contribution in [0.5, 0.6) is 0 Å². The van der Waals surface area contributed by atoms with Crippen LogP contribution >= 0.6 is 0 Å². The molecule has 19 heavy (non-hydrogen) atoms. The van der Waals surface area contributed by atoms with Crippen LogP contribution in [0.2, 0.25) is 0 Å². The zero-order chi connectivity index (χ0) is 14.5. The predicted molar refractivity (Wildman–Crippen MR) is 82.4 cm³/mol. The number of aliphatic hydroxyl groups is 1. The van der Waals surface area contributed by atoms with Gasteiger partial charge in [-0.1, -0.05) is 27.7 Å². The van der Waals surface area contributed by atoms with Crippen molar-refractivity contribution in [2.75, 3.05) is 26.2 Å². The highest BCUT2D eigenvalue weighted by Crippen LogP contribution is 2.25. The predicted octanol–water partition coefficient (Wildman–Crippen LogP) is 2.49. The lowest BCUT2D eigenvalue weighted by molar-refractivity contribution is 0.128. The minimum atomic E-state index is 0.204. The topological polar surface area (TPSA) is 35.5 Å². The number of aliphatic hydroxyl groups excluding tert-OH is 1. The molecule has 1 aliphatic heterocycles. The van der Waals surface area contributed by atoms with Gasteiger partial charge in [0.25, 0.3) is 0 Å². The molecule has 0 aromatic rings. The van der Waals surface area contributed by atoms with E-state index in [9.17, 15) is 5.11 Å². The average Bonchev–Trinajstić information content (AvgIpc) is 2.37. The van der Waals surface area contributed by atoms with E-state index < -0.39 is 0 Å². The first-order valence-electron chi connectivity index (χ1n) is 7.97. The number of nitrogens with zero attached hydrogens (tertiary/aromatic N) is 1. The molecule has 0 radical (unpaired) electrons. The highest BCUT2D eigenvalue weighted by molar-refractivity contribution is 4.87. The Balaban J connectivity index is 2.53. The maximum Gasteiger partial charge on any atom is 0.0446 e. The number of likely N-dealkylation sites (tertiary alicyclic amines) is 1. The summed E-state index contributed by atoms with van der Waals surface area (Å²) in [5.74, 6) is 0.747. The summed E-state index contributed by atoms with van der Waals surface area (Å²) in [5.41, 5.74) is 0.204. The van der Waals surface area contributed by atoms with Crippen LogP contribution in [-0.4, -0.2) is 48.3 Å². The molecular formula is C16H34N2O. The molecule has 1 aliphatic rings. The molecule has 0 saturated carbocycles. The summed E-state index contributed by atoms with van der Waals surface area (Å²) in [7, 11) is 0. The van der Waals surface area contributed by atoms with Crippen molar-refractivity contribution in [1.82, 2.24) is 10.2 Å². The van der Waals surface area contributed by atoms with Crippen molar-refractivity contribution in [1.29, 1.82) is 0 Å². The molecule has 0 bridgehead atoms. The van der Waals surface area contributed by atoms with Gasteiger partial charge in [0, 0.05) is 25.2 Å². The Morgan fingerprint density at radius 2 is 2.05 bits per heavy atom. The van der Waals surface area contributed by atoms with Crippen molar-refractivity contribution in [3.63, 3.8) is 0 Å². The van der Waals surface area contributed by atoms with Gasteiger partial charge < -0.3 is 15.3 Å². The lowest BCUT2D eigenvalue weighted by Gasteiger charge is -2.40. The molecule has 2 N–H and O–H groups in total. The van der Waals surface area contributed by atoms with Crippen LogP contribution in [0.15, 0.2) is 0 Å². The molecule has 0 aromatic carbocycles. The number of piperidine rings is 1. The molecule has 0 amide bonds. The average molecular weight is 270 g/mol. The molecule has 0 spiro atoms. The third-order valence-corrected chi connectivity index (χ3v) is 4.62. The fraction of sp³-hybridized carbons (Fsp3) is 1.00. The summed E-state index contributed by atoms with van der Waals surface area (Å²) in [5, 5.41) is 13.0. The standard InChI is InChI=1S/C16H34N2O/c1-6-18-10-7-8-14(12-18)13(2)17-15(9-11-19)16(3,4)5/h13-15,17,19H,6-12H2,1-5H3. The Morgan fingerprint density at radius 3 is 2.58 bits per heavy atom. The van der Waals surface area contributed by atoms with Crippen LogP contribution in [0, 0.1) is 11.3 Å². The van der Waals surface area contributed by atoms with E-state index in [1.807, 2.05) is 0 Å². The summed E-state index contributed by atoms with van der Waals surface area (Å²) < 4.78 is 0. The van der Waals surface area contributed by atoms with Gasteiger partial charge >= 0.3 is 0 Å². The fourth-order valence-electron chi connectivity index (χ4n) is 3.14.